The number of carbonyl (C=O) groups excluding carboxylic acids is 1. The molecule has 0 aliphatic carbocycles. The monoisotopic (exact) mass is 352 g/mol. The van der Waals surface area contributed by atoms with Gasteiger partial charge in [-0.1, -0.05) is 6.07 Å². The zero-order chi connectivity index (χ0) is 18.0. The lowest BCUT2D eigenvalue weighted by Gasteiger charge is -2.10. The van der Waals surface area contributed by atoms with Crippen molar-refractivity contribution in [2.45, 2.75) is 25.4 Å². The highest BCUT2D eigenvalue weighted by Gasteiger charge is 2.31. The van der Waals surface area contributed by atoms with Crippen molar-refractivity contribution in [1.82, 2.24) is 0 Å². The maximum Gasteiger partial charge on any atom is 0.416 e. The van der Waals surface area contributed by atoms with E-state index in [1.165, 1.54) is 0 Å². The summed E-state index contributed by atoms with van der Waals surface area (Å²) in [4.78, 5) is 12.0. The minimum atomic E-state index is -4.58. The smallest absolute Gasteiger partial charge is 0.384 e. The van der Waals surface area contributed by atoms with Crippen LogP contribution in [0.25, 0.3) is 0 Å². The zero-order valence-corrected chi connectivity index (χ0v) is 13.2. The Morgan fingerprint density at radius 3 is 2.68 bits per heavy atom. The molecule has 2 aromatic rings. The number of fused-ring (bicyclic) bond motifs is 1. The van der Waals surface area contributed by atoms with Gasteiger partial charge in [-0.2, -0.15) is 13.2 Å². The van der Waals surface area contributed by atoms with Crippen LogP contribution in [0, 0.1) is 5.82 Å². The van der Waals surface area contributed by atoms with Crippen LogP contribution in [0.4, 0.5) is 28.9 Å². The molecule has 1 aliphatic rings. The summed E-state index contributed by atoms with van der Waals surface area (Å²) in [5, 5.41) is 5.94. The van der Waals surface area contributed by atoms with Crippen molar-refractivity contribution in [1.29, 1.82) is 0 Å². The first-order valence-corrected chi connectivity index (χ1v) is 7.85. The van der Waals surface area contributed by atoms with E-state index in [9.17, 15) is 22.4 Å². The summed E-state index contributed by atoms with van der Waals surface area (Å²) in [6.45, 7) is 0.861. The number of benzene rings is 2. The Bertz CT molecular complexity index is 802. The zero-order valence-electron chi connectivity index (χ0n) is 13.2. The van der Waals surface area contributed by atoms with Gasteiger partial charge in [-0.3, -0.25) is 4.79 Å². The van der Waals surface area contributed by atoms with Crippen molar-refractivity contribution in [3.63, 3.8) is 0 Å². The van der Waals surface area contributed by atoms with Gasteiger partial charge in [-0.15, -0.1) is 0 Å². The first-order valence-electron chi connectivity index (χ1n) is 7.85. The van der Waals surface area contributed by atoms with E-state index in [1.807, 2.05) is 12.1 Å². The Morgan fingerprint density at radius 1 is 1.16 bits per heavy atom. The molecule has 0 unspecified atom stereocenters. The van der Waals surface area contributed by atoms with Gasteiger partial charge in [0.2, 0.25) is 5.91 Å². The molecule has 3 nitrogen and oxygen atoms in total. The molecule has 0 spiro atoms. The first-order chi connectivity index (χ1) is 11.8. The second kappa shape index (κ2) is 6.74. The number of alkyl halides is 3. The van der Waals surface area contributed by atoms with Crippen LogP contribution in [0.1, 0.15) is 23.1 Å². The van der Waals surface area contributed by atoms with Crippen molar-refractivity contribution in [2.24, 2.45) is 0 Å². The molecule has 0 saturated carbocycles. The maximum atomic E-state index is 13.8. The molecule has 1 heterocycles. The Balaban J connectivity index is 1.59. The predicted molar refractivity (Wildman–Crippen MR) is 87.0 cm³/mol. The lowest BCUT2D eigenvalue weighted by molar-refractivity contribution is -0.137. The SMILES string of the molecule is O=C(CCc1ccc(C(F)(F)F)cc1F)Nc1ccc2c(c1)CCN2. The molecule has 0 fully saturated rings. The van der Waals surface area contributed by atoms with E-state index in [0.29, 0.717) is 11.8 Å². The highest BCUT2D eigenvalue weighted by atomic mass is 19.4. The number of anilines is 2. The Hall–Kier alpha value is -2.57. The summed E-state index contributed by atoms with van der Waals surface area (Å²) in [6, 6.07) is 7.89. The lowest BCUT2D eigenvalue weighted by atomic mass is 10.1. The van der Waals surface area contributed by atoms with Crippen molar-refractivity contribution >= 4 is 17.3 Å². The fourth-order valence-electron chi connectivity index (χ4n) is 2.78. The molecule has 25 heavy (non-hydrogen) atoms. The van der Waals surface area contributed by atoms with E-state index >= 15 is 0 Å². The minimum Gasteiger partial charge on any atom is -0.384 e. The molecule has 2 aromatic carbocycles. The largest absolute Gasteiger partial charge is 0.416 e. The highest BCUT2D eigenvalue weighted by Crippen LogP contribution is 2.30. The van der Waals surface area contributed by atoms with E-state index in [4.69, 9.17) is 0 Å². The fourth-order valence-corrected chi connectivity index (χ4v) is 2.78. The van der Waals surface area contributed by atoms with E-state index in [-0.39, 0.29) is 24.3 Å². The third-order valence-corrected chi connectivity index (χ3v) is 4.10. The third kappa shape index (κ3) is 4.10. The molecule has 132 valence electrons. The number of hydrogen-bond acceptors (Lipinski definition) is 2. The number of aryl methyl sites for hydroxylation is 1. The maximum absolute atomic E-state index is 13.8. The molecule has 1 aliphatic heterocycles. The van der Waals surface area contributed by atoms with Crippen LogP contribution in [-0.4, -0.2) is 12.5 Å². The summed E-state index contributed by atoms with van der Waals surface area (Å²) in [5.74, 6) is -1.27. The lowest BCUT2D eigenvalue weighted by Crippen LogP contribution is -2.13. The van der Waals surface area contributed by atoms with Gasteiger partial charge in [0.05, 0.1) is 5.56 Å². The van der Waals surface area contributed by atoms with Gasteiger partial charge >= 0.3 is 6.18 Å². The second-order valence-electron chi connectivity index (χ2n) is 5.90. The molecule has 0 aromatic heterocycles. The number of halogens is 4. The van der Waals surface area contributed by atoms with Crippen LogP contribution < -0.4 is 10.6 Å². The first kappa shape index (κ1) is 17.3. The quantitative estimate of drug-likeness (QED) is 0.802. The van der Waals surface area contributed by atoms with E-state index in [0.717, 1.165) is 36.3 Å². The van der Waals surface area contributed by atoms with Crippen LogP contribution in [0.15, 0.2) is 36.4 Å². The Kier molecular flexibility index (Phi) is 4.65. The van der Waals surface area contributed by atoms with Crippen molar-refractivity contribution in [2.75, 3.05) is 17.2 Å². The van der Waals surface area contributed by atoms with Gasteiger partial charge in [-0.25, -0.2) is 4.39 Å². The van der Waals surface area contributed by atoms with Crippen LogP contribution in [0.5, 0.6) is 0 Å². The van der Waals surface area contributed by atoms with Gasteiger partial charge in [0.25, 0.3) is 0 Å². The summed E-state index contributed by atoms with van der Waals surface area (Å²) >= 11 is 0. The van der Waals surface area contributed by atoms with Crippen molar-refractivity contribution in [3.8, 4) is 0 Å². The highest BCUT2D eigenvalue weighted by molar-refractivity contribution is 5.91. The average molecular weight is 352 g/mol. The van der Waals surface area contributed by atoms with Crippen LogP contribution in [-0.2, 0) is 23.8 Å². The molecular formula is C18H16F4N2O. The molecule has 0 atom stereocenters. The molecule has 1 amide bonds. The van der Waals surface area contributed by atoms with Crippen LogP contribution >= 0.6 is 0 Å². The number of rotatable bonds is 4. The summed E-state index contributed by atoms with van der Waals surface area (Å²) in [7, 11) is 0. The average Bonchev–Trinajstić information content (AvgIpc) is 3.00. The van der Waals surface area contributed by atoms with Gasteiger partial charge in [0, 0.05) is 24.3 Å². The molecular weight excluding hydrogens is 336 g/mol. The van der Waals surface area contributed by atoms with Crippen molar-refractivity contribution < 1.29 is 22.4 Å². The van der Waals surface area contributed by atoms with Gasteiger partial charge < -0.3 is 10.6 Å². The molecule has 3 rings (SSSR count). The molecule has 0 bridgehead atoms. The van der Waals surface area contributed by atoms with Gasteiger partial charge in [-0.05, 0) is 54.3 Å². The van der Waals surface area contributed by atoms with Crippen LogP contribution in [0.3, 0.4) is 0 Å². The van der Waals surface area contributed by atoms with E-state index < -0.39 is 17.6 Å². The summed E-state index contributed by atoms with van der Waals surface area (Å²) in [5.41, 5.74) is 1.86. The minimum absolute atomic E-state index is 0.0163. The Labute approximate surface area is 142 Å². The topological polar surface area (TPSA) is 41.1 Å². The number of hydrogen-bond donors (Lipinski definition) is 2. The Morgan fingerprint density at radius 2 is 1.96 bits per heavy atom. The number of carbonyl (C=O) groups is 1. The summed E-state index contributed by atoms with van der Waals surface area (Å²) < 4.78 is 51.3. The fraction of sp³-hybridized carbons (Fsp3) is 0.278. The van der Waals surface area contributed by atoms with E-state index in [2.05, 4.69) is 10.6 Å². The second-order valence-corrected chi connectivity index (χ2v) is 5.90. The van der Waals surface area contributed by atoms with Crippen molar-refractivity contribution in [3.05, 3.63) is 58.9 Å². The van der Waals surface area contributed by atoms with Gasteiger partial charge in [0.1, 0.15) is 5.82 Å². The summed E-state index contributed by atoms with van der Waals surface area (Å²) in [6.07, 6.45) is -3.69. The number of nitrogens with one attached hydrogen (secondary N) is 2. The predicted octanol–water partition coefficient (Wildman–Crippen LogP) is 4.38. The standard InChI is InChI=1S/C18H16F4N2O/c19-15-10-13(18(20,21)22)3-1-11(15)2-6-17(25)24-14-4-5-16-12(9-14)7-8-23-16/h1,3-5,9-10,23H,2,6-8H2,(H,24,25). The molecule has 0 saturated heterocycles. The molecule has 7 heteroatoms. The molecule has 2 N–H and O–H groups in total. The van der Waals surface area contributed by atoms with Gasteiger partial charge in [0.15, 0.2) is 0 Å². The normalized spacial score (nSPS) is 13.3. The number of amides is 1. The molecule has 0 radical (unpaired) electrons. The third-order valence-electron chi connectivity index (χ3n) is 4.10. The van der Waals surface area contributed by atoms with E-state index in [1.54, 1.807) is 6.07 Å². The van der Waals surface area contributed by atoms with Crippen LogP contribution in [0.2, 0.25) is 0 Å².